The van der Waals surface area contributed by atoms with Crippen molar-refractivity contribution in [3.63, 3.8) is 0 Å². The Hall–Kier alpha value is -0.0800. The maximum absolute atomic E-state index is 12.4. The van der Waals surface area contributed by atoms with Crippen molar-refractivity contribution >= 4 is 33.1 Å². The summed E-state index contributed by atoms with van der Waals surface area (Å²) in [4.78, 5) is 1.34. The van der Waals surface area contributed by atoms with Gasteiger partial charge in [-0.15, -0.1) is 11.3 Å². The van der Waals surface area contributed by atoms with E-state index in [-0.39, 0.29) is 6.04 Å². The maximum atomic E-state index is 12.4. The number of hydrogen-bond donors (Lipinski definition) is 2. The number of rotatable bonds is 9. The molecule has 0 saturated heterocycles. The van der Waals surface area contributed by atoms with Crippen molar-refractivity contribution in [1.29, 1.82) is 0 Å². The lowest BCUT2D eigenvalue weighted by Crippen LogP contribution is -2.34. The fourth-order valence-corrected chi connectivity index (χ4v) is 5.29. The molecule has 114 valence electrons. The summed E-state index contributed by atoms with van der Waals surface area (Å²) >= 11 is 3.25. The zero-order chi connectivity index (χ0) is 14.6. The Morgan fingerprint density at radius 1 is 1.50 bits per heavy atom. The maximum Gasteiger partial charge on any atom is 0.241 e. The van der Waals surface area contributed by atoms with E-state index in [9.17, 15) is 8.42 Å². The third-order valence-electron chi connectivity index (χ3n) is 3.05. The topological polar surface area (TPSA) is 58.2 Å². The van der Waals surface area contributed by atoms with Gasteiger partial charge in [0, 0.05) is 29.3 Å². The quantitative estimate of drug-likeness (QED) is 0.728. The highest BCUT2D eigenvalue weighted by Gasteiger charge is 2.24. The van der Waals surface area contributed by atoms with Gasteiger partial charge in [-0.1, -0.05) is 6.92 Å². The van der Waals surface area contributed by atoms with E-state index in [1.807, 2.05) is 12.3 Å². The van der Waals surface area contributed by atoms with E-state index in [4.69, 9.17) is 0 Å². The third-order valence-corrected chi connectivity index (χ3v) is 6.92. The predicted molar refractivity (Wildman–Crippen MR) is 87.0 cm³/mol. The molecule has 1 aliphatic rings. The van der Waals surface area contributed by atoms with Crippen LogP contribution in [0.25, 0.3) is 0 Å². The molecular formula is C13H22N2O2S3. The van der Waals surface area contributed by atoms with Gasteiger partial charge in [0.2, 0.25) is 10.0 Å². The molecule has 0 aliphatic heterocycles. The molecule has 1 atom stereocenters. The summed E-state index contributed by atoms with van der Waals surface area (Å²) < 4.78 is 27.6. The summed E-state index contributed by atoms with van der Waals surface area (Å²) in [6.07, 6.45) is 2.41. The molecule has 4 nitrogen and oxygen atoms in total. The Kier molecular flexibility index (Phi) is 5.92. The van der Waals surface area contributed by atoms with Crippen LogP contribution in [0, 0.1) is 0 Å². The number of hydrogen-bond acceptors (Lipinski definition) is 5. The second-order valence-corrected chi connectivity index (χ2v) is 9.05. The molecule has 0 aromatic carbocycles. The van der Waals surface area contributed by atoms with Crippen molar-refractivity contribution in [2.45, 2.75) is 50.2 Å². The molecule has 2 N–H and O–H groups in total. The summed E-state index contributed by atoms with van der Waals surface area (Å²) in [5, 5.41) is 5.22. The number of thiophene rings is 1. The van der Waals surface area contributed by atoms with E-state index in [0.717, 1.165) is 16.4 Å². The number of thioether (sulfide) groups is 1. The summed E-state index contributed by atoms with van der Waals surface area (Å²) in [5.41, 5.74) is 0. The van der Waals surface area contributed by atoms with E-state index in [1.54, 1.807) is 17.8 Å². The van der Waals surface area contributed by atoms with Crippen molar-refractivity contribution in [2.24, 2.45) is 0 Å². The summed E-state index contributed by atoms with van der Waals surface area (Å²) in [6.45, 7) is 4.64. The van der Waals surface area contributed by atoms with Crippen LogP contribution in [0.4, 0.5) is 0 Å². The van der Waals surface area contributed by atoms with E-state index in [2.05, 4.69) is 17.0 Å². The van der Waals surface area contributed by atoms with E-state index in [1.165, 1.54) is 24.2 Å². The lowest BCUT2D eigenvalue weighted by Gasteiger charge is -2.14. The lowest BCUT2D eigenvalue weighted by molar-refractivity contribution is 0.569. The number of sulfonamides is 1. The van der Waals surface area contributed by atoms with Gasteiger partial charge in [-0.05, 0) is 37.0 Å². The Bertz CT molecular complexity index is 523. The average Bonchev–Trinajstić information content (AvgIpc) is 3.09. The average molecular weight is 335 g/mol. The summed E-state index contributed by atoms with van der Waals surface area (Å²) in [5.74, 6) is 1.80. The first-order valence-corrected chi connectivity index (χ1v) is 10.4. The van der Waals surface area contributed by atoms with Crippen molar-refractivity contribution in [2.75, 3.05) is 11.5 Å². The minimum Gasteiger partial charge on any atom is -0.309 e. The Labute approximate surface area is 129 Å². The van der Waals surface area contributed by atoms with Crippen LogP contribution in [0.15, 0.2) is 16.3 Å². The van der Waals surface area contributed by atoms with Crippen LogP contribution in [0.5, 0.6) is 0 Å². The van der Waals surface area contributed by atoms with Gasteiger partial charge in [-0.3, -0.25) is 0 Å². The molecular weight excluding hydrogens is 312 g/mol. The zero-order valence-corrected chi connectivity index (χ0v) is 14.3. The van der Waals surface area contributed by atoms with Gasteiger partial charge in [0.15, 0.2) is 0 Å². The van der Waals surface area contributed by atoms with Gasteiger partial charge in [-0.2, -0.15) is 11.8 Å². The molecule has 0 spiro atoms. The third kappa shape index (κ3) is 4.73. The van der Waals surface area contributed by atoms with Crippen LogP contribution in [-0.4, -0.2) is 32.0 Å². The second-order valence-electron chi connectivity index (χ2n) is 5.05. The Morgan fingerprint density at radius 3 is 2.90 bits per heavy atom. The van der Waals surface area contributed by atoms with E-state index in [0.29, 0.717) is 17.5 Å². The molecule has 0 radical (unpaired) electrons. The van der Waals surface area contributed by atoms with Crippen LogP contribution in [0.2, 0.25) is 0 Å². The molecule has 2 rings (SSSR count). The molecule has 0 amide bonds. The predicted octanol–water partition coefficient (Wildman–Crippen LogP) is 2.42. The van der Waals surface area contributed by atoms with Crippen molar-refractivity contribution in [1.82, 2.24) is 10.0 Å². The van der Waals surface area contributed by atoms with Gasteiger partial charge >= 0.3 is 0 Å². The zero-order valence-electron chi connectivity index (χ0n) is 11.9. The summed E-state index contributed by atoms with van der Waals surface area (Å²) in [7, 11) is -3.40. The van der Waals surface area contributed by atoms with E-state index < -0.39 is 10.0 Å². The molecule has 0 bridgehead atoms. The number of nitrogens with one attached hydrogen (secondary N) is 2. The SMILES string of the molecule is CCSCC(C)NS(=O)(=O)c1ccsc1CNC1CC1. The van der Waals surface area contributed by atoms with E-state index >= 15 is 0 Å². The first-order valence-electron chi connectivity index (χ1n) is 6.92. The van der Waals surface area contributed by atoms with Gasteiger partial charge in [0.25, 0.3) is 0 Å². The van der Waals surface area contributed by atoms with Gasteiger partial charge in [0.1, 0.15) is 0 Å². The molecule has 1 heterocycles. The smallest absolute Gasteiger partial charge is 0.241 e. The standard InChI is InChI=1S/C13H22N2O2S3/c1-3-18-9-10(2)15-20(16,17)13-6-7-19-12(13)8-14-11-4-5-11/h6-7,10-11,14-15H,3-5,8-9H2,1-2H3. The highest BCUT2D eigenvalue weighted by atomic mass is 32.2. The molecule has 1 fully saturated rings. The van der Waals surface area contributed by atoms with Crippen LogP contribution >= 0.6 is 23.1 Å². The summed E-state index contributed by atoms with van der Waals surface area (Å²) in [6, 6.07) is 2.24. The van der Waals surface area contributed by atoms with Gasteiger partial charge in [0.05, 0.1) is 4.90 Å². The van der Waals surface area contributed by atoms with Crippen LogP contribution in [-0.2, 0) is 16.6 Å². The molecule has 7 heteroatoms. The normalized spacial score (nSPS) is 17.3. The minimum absolute atomic E-state index is 0.0471. The molecule has 1 aromatic heterocycles. The van der Waals surface area contributed by atoms with Crippen LogP contribution in [0.3, 0.4) is 0 Å². The van der Waals surface area contributed by atoms with Crippen molar-refractivity contribution in [3.8, 4) is 0 Å². The van der Waals surface area contributed by atoms with Crippen LogP contribution < -0.4 is 10.0 Å². The first-order chi connectivity index (χ1) is 9.53. The molecule has 1 aromatic rings. The molecule has 20 heavy (non-hydrogen) atoms. The van der Waals surface area contributed by atoms with Crippen molar-refractivity contribution in [3.05, 3.63) is 16.3 Å². The highest BCUT2D eigenvalue weighted by molar-refractivity contribution is 7.99. The van der Waals surface area contributed by atoms with Crippen LogP contribution in [0.1, 0.15) is 31.6 Å². The highest BCUT2D eigenvalue weighted by Crippen LogP contribution is 2.25. The second kappa shape index (κ2) is 7.26. The molecule has 1 unspecified atom stereocenters. The van der Waals surface area contributed by atoms with Crippen molar-refractivity contribution < 1.29 is 8.42 Å². The first kappa shape index (κ1) is 16.3. The molecule has 1 saturated carbocycles. The Morgan fingerprint density at radius 2 is 2.25 bits per heavy atom. The lowest BCUT2D eigenvalue weighted by atomic mass is 10.4. The Balaban J connectivity index is 1.98. The largest absolute Gasteiger partial charge is 0.309 e. The molecule has 1 aliphatic carbocycles. The minimum atomic E-state index is -3.40. The van der Waals surface area contributed by atoms with Gasteiger partial charge in [-0.25, -0.2) is 13.1 Å². The fourth-order valence-electron chi connectivity index (χ4n) is 1.88. The monoisotopic (exact) mass is 334 g/mol. The fraction of sp³-hybridized carbons (Fsp3) is 0.692. The van der Waals surface area contributed by atoms with Gasteiger partial charge < -0.3 is 5.32 Å².